The first-order valence-electron chi connectivity index (χ1n) is 8.44. The zero-order valence-electron chi connectivity index (χ0n) is 13.7. The molecule has 1 heterocycles. The summed E-state index contributed by atoms with van der Waals surface area (Å²) in [4.78, 5) is 9.20. The van der Waals surface area contributed by atoms with E-state index in [1.165, 1.54) is 32.1 Å². The summed E-state index contributed by atoms with van der Waals surface area (Å²) in [5.74, 6) is 3.07. The average Bonchev–Trinajstić information content (AvgIpc) is 2.45. The number of aromatic nitrogens is 2. The topological polar surface area (TPSA) is 47.0 Å². The van der Waals surface area contributed by atoms with E-state index in [2.05, 4.69) is 36.1 Å². The molecule has 1 aromatic heterocycles. The standard InChI is InChI=1S/C17H29N3O/c1-4-10-21-17-12-16(18-14-8-6-5-7-9-14)19-15(20-17)11-13(2)3/h12-14H,4-11H2,1-3H3,(H,18,19,20). The number of nitrogens with one attached hydrogen (secondary N) is 1. The molecule has 0 bridgehead atoms. The number of hydrogen-bond acceptors (Lipinski definition) is 4. The molecule has 0 aromatic carbocycles. The molecular formula is C17H29N3O. The Morgan fingerprint density at radius 1 is 1.24 bits per heavy atom. The van der Waals surface area contributed by atoms with Gasteiger partial charge in [-0.2, -0.15) is 4.98 Å². The Morgan fingerprint density at radius 3 is 2.67 bits per heavy atom. The Morgan fingerprint density at radius 2 is 2.00 bits per heavy atom. The molecule has 0 saturated heterocycles. The van der Waals surface area contributed by atoms with E-state index in [4.69, 9.17) is 4.74 Å². The van der Waals surface area contributed by atoms with E-state index in [0.717, 1.165) is 24.5 Å². The average molecular weight is 291 g/mol. The fraction of sp³-hybridized carbons (Fsp3) is 0.765. The molecule has 1 aliphatic rings. The van der Waals surface area contributed by atoms with Crippen molar-refractivity contribution in [3.8, 4) is 5.88 Å². The van der Waals surface area contributed by atoms with Crippen molar-refractivity contribution in [2.45, 2.75) is 71.8 Å². The summed E-state index contributed by atoms with van der Waals surface area (Å²) < 4.78 is 5.72. The molecule has 0 atom stereocenters. The van der Waals surface area contributed by atoms with Crippen LogP contribution in [0.5, 0.6) is 5.88 Å². The minimum Gasteiger partial charge on any atom is -0.478 e. The van der Waals surface area contributed by atoms with E-state index >= 15 is 0 Å². The predicted molar refractivity (Wildman–Crippen MR) is 86.9 cm³/mol. The molecule has 0 amide bonds. The van der Waals surface area contributed by atoms with Gasteiger partial charge in [-0.05, 0) is 25.2 Å². The highest BCUT2D eigenvalue weighted by atomic mass is 16.5. The van der Waals surface area contributed by atoms with Crippen molar-refractivity contribution in [2.75, 3.05) is 11.9 Å². The SMILES string of the molecule is CCCOc1cc(NC2CCCCC2)nc(CC(C)C)n1. The molecule has 118 valence electrons. The van der Waals surface area contributed by atoms with Gasteiger partial charge in [-0.25, -0.2) is 4.98 Å². The van der Waals surface area contributed by atoms with Crippen LogP contribution in [-0.2, 0) is 6.42 Å². The molecule has 0 aliphatic heterocycles. The van der Waals surface area contributed by atoms with Gasteiger partial charge in [0.25, 0.3) is 0 Å². The van der Waals surface area contributed by atoms with Crippen LogP contribution in [0.25, 0.3) is 0 Å². The normalized spacial score (nSPS) is 16.2. The van der Waals surface area contributed by atoms with Crippen LogP contribution >= 0.6 is 0 Å². The molecule has 1 saturated carbocycles. The summed E-state index contributed by atoms with van der Waals surface area (Å²) in [6, 6.07) is 2.51. The van der Waals surface area contributed by atoms with Crippen LogP contribution in [-0.4, -0.2) is 22.6 Å². The Balaban J connectivity index is 2.09. The summed E-state index contributed by atoms with van der Waals surface area (Å²) in [6.07, 6.45) is 8.38. The molecule has 0 unspecified atom stereocenters. The fourth-order valence-electron chi connectivity index (χ4n) is 2.74. The van der Waals surface area contributed by atoms with E-state index in [1.807, 2.05) is 6.07 Å². The predicted octanol–water partition coefficient (Wildman–Crippen LogP) is 4.21. The molecule has 4 heteroatoms. The summed E-state index contributed by atoms with van der Waals surface area (Å²) in [7, 11) is 0. The van der Waals surface area contributed by atoms with Crippen LogP contribution in [0.3, 0.4) is 0 Å². The Kier molecular flexibility index (Phi) is 6.27. The van der Waals surface area contributed by atoms with E-state index in [9.17, 15) is 0 Å². The van der Waals surface area contributed by atoms with E-state index in [-0.39, 0.29) is 0 Å². The third-order valence-corrected chi connectivity index (χ3v) is 3.75. The molecule has 1 aromatic rings. The molecular weight excluding hydrogens is 262 g/mol. The van der Waals surface area contributed by atoms with Crippen LogP contribution in [0.15, 0.2) is 6.07 Å². The van der Waals surface area contributed by atoms with Gasteiger partial charge in [0.05, 0.1) is 6.61 Å². The quantitative estimate of drug-likeness (QED) is 0.817. The lowest BCUT2D eigenvalue weighted by atomic mass is 9.95. The third-order valence-electron chi connectivity index (χ3n) is 3.75. The number of rotatable bonds is 7. The van der Waals surface area contributed by atoms with Gasteiger partial charge in [0, 0.05) is 18.5 Å². The van der Waals surface area contributed by atoms with E-state index in [0.29, 0.717) is 24.4 Å². The van der Waals surface area contributed by atoms with Gasteiger partial charge in [0.2, 0.25) is 5.88 Å². The van der Waals surface area contributed by atoms with Crippen LogP contribution in [0.4, 0.5) is 5.82 Å². The van der Waals surface area contributed by atoms with Crippen molar-refractivity contribution in [1.82, 2.24) is 9.97 Å². The van der Waals surface area contributed by atoms with Gasteiger partial charge in [-0.3, -0.25) is 0 Å². The molecule has 21 heavy (non-hydrogen) atoms. The molecule has 2 rings (SSSR count). The first kappa shape index (κ1) is 16.1. The lowest BCUT2D eigenvalue weighted by molar-refractivity contribution is 0.303. The number of ether oxygens (including phenoxy) is 1. The van der Waals surface area contributed by atoms with Gasteiger partial charge >= 0.3 is 0 Å². The molecule has 0 radical (unpaired) electrons. The van der Waals surface area contributed by atoms with Gasteiger partial charge in [-0.15, -0.1) is 0 Å². The lowest BCUT2D eigenvalue weighted by Gasteiger charge is -2.23. The maximum Gasteiger partial charge on any atom is 0.218 e. The van der Waals surface area contributed by atoms with Gasteiger partial charge in [0.1, 0.15) is 11.6 Å². The maximum atomic E-state index is 5.72. The minimum atomic E-state index is 0.550. The summed E-state index contributed by atoms with van der Waals surface area (Å²) in [5, 5.41) is 3.58. The molecule has 1 fully saturated rings. The maximum absolute atomic E-state index is 5.72. The Bertz CT molecular complexity index is 428. The van der Waals surface area contributed by atoms with Crippen LogP contribution in [0, 0.1) is 5.92 Å². The van der Waals surface area contributed by atoms with Gasteiger partial charge in [-0.1, -0.05) is 40.0 Å². The monoisotopic (exact) mass is 291 g/mol. The second-order valence-corrected chi connectivity index (χ2v) is 6.43. The molecule has 1 aliphatic carbocycles. The molecule has 4 nitrogen and oxygen atoms in total. The van der Waals surface area contributed by atoms with Crippen molar-refractivity contribution in [3.05, 3.63) is 11.9 Å². The smallest absolute Gasteiger partial charge is 0.218 e. The fourth-order valence-corrected chi connectivity index (χ4v) is 2.74. The zero-order chi connectivity index (χ0) is 15.1. The van der Waals surface area contributed by atoms with Crippen molar-refractivity contribution in [1.29, 1.82) is 0 Å². The van der Waals surface area contributed by atoms with E-state index < -0.39 is 0 Å². The minimum absolute atomic E-state index is 0.550. The molecule has 1 N–H and O–H groups in total. The highest BCUT2D eigenvalue weighted by molar-refractivity contribution is 5.39. The zero-order valence-corrected chi connectivity index (χ0v) is 13.7. The summed E-state index contributed by atoms with van der Waals surface area (Å²) in [6.45, 7) is 7.20. The third kappa shape index (κ3) is 5.52. The van der Waals surface area contributed by atoms with Gasteiger partial charge in [0.15, 0.2) is 0 Å². The summed E-state index contributed by atoms with van der Waals surface area (Å²) >= 11 is 0. The Labute approximate surface area is 128 Å². The van der Waals surface area contributed by atoms with Crippen LogP contribution < -0.4 is 10.1 Å². The number of anilines is 1. The summed E-state index contributed by atoms with van der Waals surface area (Å²) in [5.41, 5.74) is 0. The van der Waals surface area contributed by atoms with Crippen LogP contribution in [0.1, 0.15) is 65.1 Å². The van der Waals surface area contributed by atoms with Crippen molar-refractivity contribution in [3.63, 3.8) is 0 Å². The lowest BCUT2D eigenvalue weighted by Crippen LogP contribution is -2.23. The van der Waals surface area contributed by atoms with E-state index in [1.54, 1.807) is 0 Å². The highest BCUT2D eigenvalue weighted by Crippen LogP contribution is 2.23. The van der Waals surface area contributed by atoms with Crippen molar-refractivity contribution < 1.29 is 4.74 Å². The Hall–Kier alpha value is -1.32. The molecule has 0 spiro atoms. The first-order valence-corrected chi connectivity index (χ1v) is 8.44. The highest BCUT2D eigenvalue weighted by Gasteiger charge is 2.15. The second kappa shape index (κ2) is 8.20. The largest absolute Gasteiger partial charge is 0.478 e. The van der Waals surface area contributed by atoms with Crippen LogP contribution in [0.2, 0.25) is 0 Å². The number of nitrogens with zero attached hydrogens (tertiary/aromatic N) is 2. The second-order valence-electron chi connectivity index (χ2n) is 6.43. The first-order chi connectivity index (χ1) is 10.2. The van der Waals surface area contributed by atoms with Crippen molar-refractivity contribution >= 4 is 5.82 Å². The number of hydrogen-bond donors (Lipinski definition) is 1. The van der Waals surface area contributed by atoms with Crippen molar-refractivity contribution in [2.24, 2.45) is 5.92 Å². The van der Waals surface area contributed by atoms with Gasteiger partial charge < -0.3 is 10.1 Å².